The lowest BCUT2D eigenvalue weighted by molar-refractivity contribution is -0.147. The predicted octanol–water partition coefficient (Wildman–Crippen LogP) is 5.32. The Labute approximate surface area is 169 Å². The fourth-order valence-corrected chi connectivity index (χ4v) is 7.29. The summed E-state index contributed by atoms with van der Waals surface area (Å²) in [6.07, 6.45) is 9.42. The Morgan fingerprint density at radius 1 is 1.07 bits per heavy atom. The van der Waals surface area contributed by atoms with Crippen LogP contribution in [-0.2, 0) is 14.4 Å². The van der Waals surface area contributed by atoms with Crippen molar-refractivity contribution in [1.29, 1.82) is 0 Å². The van der Waals surface area contributed by atoms with Gasteiger partial charge in [-0.3, -0.25) is 14.4 Å². The second kappa shape index (κ2) is 6.37. The zero-order valence-corrected chi connectivity index (χ0v) is 18.3. The number of carbonyl (C=O) groups excluding carboxylic acids is 3. The van der Waals surface area contributed by atoms with Gasteiger partial charge in [-0.05, 0) is 61.7 Å². The lowest BCUT2D eigenvalue weighted by atomic mass is 9.44. The third-order valence-electron chi connectivity index (χ3n) is 9.01. The molecule has 4 aliphatic rings. The lowest BCUT2D eigenvalue weighted by Crippen LogP contribution is -2.55. The largest absolute Gasteiger partial charge is 0.299 e. The Bertz CT molecular complexity index is 754. The quantitative estimate of drug-likeness (QED) is 0.454. The first-order chi connectivity index (χ1) is 13.0. The molecule has 6 atom stereocenters. The van der Waals surface area contributed by atoms with E-state index in [2.05, 4.69) is 19.9 Å². The van der Waals surface area contributed by atoms with Crippen molar-refractivity contribution in [2.24, 2.45) is 39.9 Å². The molecule has 28 heavy (non-hydrogen) atoms. The molecule has 4 rings (SSSR count). The summed E-state index contributed by atoms with van der Waals surface area (Å²) in [7, 11) is 0. The van der Waals surface area contributed by atoms with E-state index in [9.17, 15) is 14.4 Å². The van der Waals surface area contributed by atoms with Crippen LogP contribution < -0.4 is 0 Å². The van der Waals surface area contributed by atoms with E-state index in [4.69, 9.17) is 0 Å². The van der Waals surface area contributed by atoms with Gasteiger partial charge < -0.3 is 0 Å². The molecule has 0 amide bonds. The van der Waals surface area contributed by atoms with Gasteiger partial charge in [0.05, 0.1) is 5.92 Å². The van der Waals surface area contributed by atoms with E-state index in [0.29, 0.717) is 36.4 Å². The molecule has 0 aromatic carbocycles. The van der Waals surface area contributed by atoms with Crippen molar-refractivity contribution in [2.75, 3.05) is 0 Å². The van der Waals surface area contributed by atoms with E-state index in [0.717, 1.165) is 38.5 Å². The molecule has 0 aromatic heterocycles. The summed E-state index contributed by atoms with van der Waals surface area (Å²) in [5, 5.41) is 0. The molecule has 0 N–H and O–H groups in total. The molecule has 0 saturated heterocycles. The van der Waals surface area contributed by atoms with Gasteiger partial charge in [-0.25, -0.2) is 0 Å². The van der Waals surface area contributed by atoms with Crippen molar-refractivity contribution in [3.05, 3.63) is 11.6 Å². The number of allylic oxidation sites excluding steroid dienone is 2. The smallest absolute Gasteiger partial charge is 0.148 e. The Morgan fingerprint density at radius 3 is 2.43 bits per heavy atom. The van der Waals surface area contributed by atoms with Crippen LogP contribution in [0.15, 0.2) is 11.6 Å². The Hall–Kier alpha value is -1.25. The SMILES string of the molecule is CC(C)(C)C(=O)C1CC2(C)C(=CCC3C4CCCC(=O)C4(C)CCC32)CC1=O. The average molecular weight is 385 g/mol. The molecule has 6 unspecified atom stereocenters. The van der Waals surface area contributed by atoms with Gasteiger partial charge in [0, 0.05) is 23.7 Å². The molecular weight excluding hydrogens is 348 g/mol. The maximum Gasteiger partial charge on any atom is 0.148 e. The topological polar surface area (TPSA) is 51.2 Å². The van der Waals surface area contributed by atoms with E-state index in [-0.39, 0.29) is 22.4 Å². The van der Waals surface area contributed by atoms with Gasteiger partial charge in [0.25, 0.3) is 0 Å². The fraction of sp³-hybridized carbons (Fsp3) is 0.800. The minimum Gasteiger partial charge on any atom is -0.299 e. The molecule has 0 aliphatic heterocycles. The number of fused-ring (bicyclic) bond motifs is 5. The average Bonchev–Trinajstić information content (AvgIpc) is 2.61. The summed E-state index contributed by atoms with van der Waals surface area (Å²) in [6, 6.07) is 0. The third kappa shape index (κ3) is 2.79. The number of carbonyl (C=O) groups is 3. The highest BCUT2D eigenvalue weighted by Gasteiger charge is 2.59. The van der Waals surface area contributed by atoms with Crippen molar-refractivity contribution in [2.45, 2.75) is 86.0 Å². The first-order valence-corrected chi connectivity index (χ1v) is 11.3. The standard InChI is InChI=1S/C25H36O3/c1-23(2,3)22(28)17-14-25(5)15(13-20(17)26)9-10-16-18-7-6-8-21(27)24(18,4)12-11-19(16)25/h9,16-19H,6-8,10-14H2,1-5H3. The lowest BCUT2D eigenvalue weighted by Gasteiger charge is -2.59. The van der Waals surface area contributed by atoms with Crippen molar-refractivity contribution >= 4 is 17.3 Å². The minimum atomic E-state index is -0.479. The van der Waals surface area contributed by atoms with Crippen molar-refractivity contribution < 1.29 is 14.4 Å². The molecule has 154 valence electrons. The summed E-state index contributed by atoms with van der Waals surface area (Å²) in [4.78, 5) is 38.7. The Balaban J connectivity index is 1.68. The van der Waals surface area contributed by atoms with Crippen LogP contribution in [0.3, 0.4) is 0 Å². The number of ketones is 3. The Morgan fingerprint density at radius 2 is 1.75 bits per heavy atom. The van der Waals surface area contributed by atoms with Crippen LogP contribution in [0.5, 0.6) is 0 Å². The molecule has 3 saturated carbocycles. The van der Waals surface area contributed by atoms with Crippen molar-refractivity contribution in [3.63, 3.8) is 0 Å². The summed E-state index contributed by atoms with van der Waals surface area (Å²) in [5.41, 5.74) is 0.589. The summed E-state index contributed by atoms with van der Waals surface area (Å²) in [6.45, 7) is 10.3. The van der Waals surface area contributed by atoms with Crippen LogP contribution in [0.2, 0.25) is 0 Å². The van der Waals surface area contributed by atoms with Crippen molar-refractivity contribution in [3.8, 4) is 0 Å². The number of hydrogen-bond donors (Lipinski definition) is 0. The van der Waals surface area contributed by atoms with Gasteiger partial charge in [-0.15, -0.1) is 0 Å². The van der Waals surface area contributed by atoms with E-state index >= 15 is 0 Å². The number of rotatable bonds is 1. The van der Waals surface area contributed by atoms with Crippen molar-refractivity contribution in [1.82, 2.24) is 0 Å². The molecular formula is C25H36O3. The van der Waals surface area contributed by atoms with E-state index < -0.39 is 11.3 Å². The molecule has 3 nitrogen and oxygen atoms in total. The summed E-state index contributed by atoms with van der Waals surface area (Å²) < 4.78 is 0. The normalized spacial score (nSPS) is 43.5. The van der Waals surface area contributed by atoms with Gasteiger partial charge >= 0.3 is 0 Å². The van der Waals surface area contributed by atoms with E-state index in [1.165, 1.54) is 5.57 Å². The van der Waals surface area contributed by atoms with Gasteiger partial charge in [0.15, 0.2) is 0 Å². The van der Waals surface area contributed by atoms with Gasteiger partial charge in [0.2, 0.25) is 0 Å². The van der Waals surface area contributed by atoms with Crippen LogP contribution in [0.1, 0.15) is 86.0 Å². The van der Waals surface area contributed by atoms with Crippen LogP contribution in [0, 0.1) is 39.9 Å². The maximum atomic E-state index is 13.0. The Kier molecular flexibility index (Phi) is 4.56. The zero-order valence-electron chi connectivity index (χ0n) is 18.3. The number of hydrogen-bond acceptors (Lipinski definition) is 3. The monoisotopic (exact) mass is 384 g/mol. The van der Waals surface area contributed by atoms with Gasteiger partial charge in [-0.1, -0.05) is 46.3 Å². The molecule has 0 heterocycles. The highest BCUT2D eigenvalue weighted by Crippen LogP contribution is 2.63. The summed E-state index contributed by atoms with van der Waals surface area (Å²) >= 11 is 0. The van der Waals surface area contributed by atoms with Gasteiger partial charge in [0.1, 0.15) is 17.3 Å². The van der Waals surface area contributed by atoms with E-state index in [1.54, 1.807) is 0 Å². The molecule has 0 aromatic rings. The molecule has 3 fully saturated rings. The predicted molar refractivity (Wildman–Crippen MR) is 110 cm³/mol. The number of Topliss-reactive ketones (excluding diaryl/α,β-unsaturated/α-hetero) is 3. The van der Waals surface area contributed by atoms with E-state index in [1.807, 2.05) is 20.8 Å². The minimum absolute atomic E-state index is 0.0652. The zero-order chi connectivity index (χ0) is 20.5. The fourth-order valence-electron chi connectivity index (χ4n) is 7.29. The molecule has 4 aliphatic carbocycles. The first-order valence-electron chi connectivity index (χ1n) is 11.3. The molecule has 0 spiro atoms. The van der Waals surface area contributed by atoms with Crippen LogP contribution in [-0.4, -0.2) is 17.3 Å². The molecule has 3 heteroatoms. The van der Waals surface area contributed by atoms with Crippen LogP contribution in [0.25, 0.3) is 0 Å². The van der Waals surface area contributed by atoms with Crippen LogP contribution in [0.4, 0.5) is 0 Å². The molecule has 0 bridgehead atoms. The first kappa shape index (κ1) is 20.0. The highest BCUT2D eigenvalue weighted by molar-refractivity contribution is 6.06. The second-order valence-corrected chi connectivity index (χ2v) is 11.5. The highest BCUT2D eigenvalue weighted by atomic mass is 16.2. The second-order valence-electron chi connectivity index (χ2n) is 11.5. The maximum absolute atomic E-state index is 13.0. The third-order valence-corrected chi connectivity index (χ3v) is 9.01. The van der Waals surface area contributed by atoms with Gasteiger partial charge in [-0.2, -0.15) is 0 Å². The van der Waals surface area contributed by atoms with Crippen LogP contribution >= 0.6 is 0 Å². The molecule has 0 radical (unpaired) electrons. The summed E-state index contributed by atoms with van der Waals surface area (Å²) in [5.74, 6) is 1.74.